The topological polar surface area (TPSA) is 29.9 Å². The number of aromatic nitrogens is 2. The third-order valence-electron chi connectivity index (χ3n) is 3.73. The van der Waals surface area contributed by atoms with Crippen LogP contribution in [0, 0.1) is 5.92 Å². The lowest BCUT2D eigenvalue weighted by atomic mass is 10.00. The molecule has 0 saturated carbocycles. The molecule has 2 aliphatic rings. The largest absolute Gasteiger partial charge is 0.330 e. The molecule has 0 aromatic carbocycles. The van der Waals surface area contributed by atoms with Gasteiger partial charge >= 0.3 is 0 Å². The van der Waals surface area contributed by atoms with Crippen LogP contribution in [0.1, 0.15) is 43.7 Å². The first-order chi connectivity index (χ1) is 7.34. The molecule has 3 heteroatoms. The zero-order chi connectivity index (χ0) is 10.3. The van der Waals surface area contributed by atoms with Crippen molar-refractivity contribution in [3.05, 3.63) is 17.7 Å². The van der Waals surface area contributed by atoms with E-state index in [4.69, 9.17) is 0 Å². The molecule has 1 fully saturated rings. The van der Waals surface area contributed by atoms with E-state index >= 15 is 0 Å². The third kappa shape index (κ3) is 1.59. The Balaban J connectivity index is 1.92. The van der Waals surface area contributed by atoms with Gasteiger partial charge in [0.25, 0.3) is 0 Å². The number of rotatable bonds is 1. The minimum Gasteiger partial charge on any atom is -0.330 e. The van der Waals surface area contributed by atoms with Gasteiger partial charge in [-0.25, -0.2) is 4.98 Å². The van der Waals surface area contributed by atoms with E-state index in [0.717, 1.165) is 12.5 Å². The average Bonchev–Trinajstić information content (AvgIpc) is 2.83. The number of nitrogens with zero attached hydrogens (tertiary/aromatic N) is 2. The number of nitrogens with one attached hydrogen (secondary N) is 1. The molecule has 3 rings (SSSR count). The zero-order valence-corrected chi connectivity index (χ0v) is 9.37. The highest BCUT2D eigenvalue weighted by Crippen LogP contribution is 2.27. The standard InChI is InChI=1S/C12H19N3/c1-9-4-5-10-7-14-12(15(10)8-9)11-3-2-6-13-11/h7,9,11,13H,2-6,8H2,1H3. The second-order valence-electron chi connectivity index (χ2n) is 5.01. The summed E-state index contributed by atoms with van der Waals surface area (Å²) in [6, 6.07) is 0.518. The summed E-state index contributed by atoms with van der Waals surface area (Å²) in [5.41, 5.74) is 1.44. The van der Waals surface area contributed by atoms with Crippen LogP contribution < -0.4 is 5.32 Å². The minimum atomic E-state index is 0.518. The maximum Gasteiger partial charge on any atom is 0.126 e. The lowest BCUT2D eigenvalue weighted by molar-refractivity contribution is 0.380. The summed E-state index contributed by atoms with van der Waals surface area (Å²) in [5, 5.41) is 3.54. The molecule has 1 N–H and O–H groups in total. The van der Waals surface area contributed by atoms with Crippen molar-refractivity contribution in [1.29, 1.82) is 0 Å². The van der Waals surface area contributed by atoms with Gasteiger partial charge < -0.3 is 9.88 Å². The Morgan fingerprint density at radius 3 is 3.20 bits per heavy atom. The van der Waals surface area contributed by atoms with Crippen molar-refractivity contribution < 1.29 is 0 Å². The SMILES string of the molecule is CC1CCc2cnc(C3CCCN3)n2C1. The molecule has 3 heterocycles. The summed E-state index contributed by atoms with van der Waals surface area (Å²) < 4.78 is 2.46. The van der Waals surface area contributed by atoms with E-state index in [2.05, 4.69) is 28.0 Å². The first-order valence-electron chi connectivity index (χ1n) is 6.12. The van der Waals surface area contributed by atoms with Crippen molar-refractivity contribution >= 4 is 0 Å². The summed E-state index contributed by atoms with van der Waals surface area (Å²) in [5.74, 6) is 2.10. The fourth-order valence-corrected chi connectivity index (χ4v) is 2.82. The van der Waals surface area contributed by atoms with Crippen LogP contribution in [0.5, 0.6) is 0 Å². The van der Waals surface area contributed by atoms with Crippen molar-refractivity contribution in [2.75, 3.05) is 6.54 Å². The first-order valence-corrected chi connectivity index (χ1v) is 6.12. The minimum absolute atomic E-state index is 0.518. The smallest absolute Gasteiger partial charge is 0.126 e. The fraction of sp³-hybridized carbons (Fsp3) is 0.750. The maximum absolute atomic E-state index is 4.61. The lowest BCUT2D eigenvalue weighted by Crippen LogP contribution is -2.24. The predicted octanol–water partition coefficient (Wildman–Crippen LogP) is 1.89. The zero-order valence-electron chi connectivity index (χ0n) is 9.37. The molecule has 2 unspecified atom stereocenters. The molecule has 82 valence electrons. The quantitative estimate of drug-likeness (QED) is 0.758. The van der Waals surface area contributed by atoms with Crippen LogP contribution >= 0.6 is 0 Å². The Bertz CT molecular complexity index is 350. The molecular formula is C12H19N3. The molecule has 0 spiro atoms. The van der Waals surface area contributed by atoms with Gasteiger partial charge in [-0.3, -0.25) is 0 Å². The van der Waals surface area contributed by atoms with Crippen molar-refractivity contribution in [2.24, 2.45) is 5.92 Å². The number of aryl methyl sites for hydroxylation is 1. The second kappa shape index (κ2) is 3.63. The molecule has 1 aromatic heterocycles. The van der Waals surface area contributed by atoms with Crippen molar-refractivity contribution in [1.82, 2.24) is 14.9 Å². The molecule has 3 nitrogen and oxygen atoms in total. The van der Waals surface area contributed by atoms with Gasteiger partial charge in [0.15, 0.2) is 0 Å². The van der Waals surface area contributed by atoms with E-state index in [9.17, 15) is 0 Å². The lowest BCUT2D eigenvalue weighted by Gasteiger charge is -2.24. The Hall–Kier alpha value is -0.830. The molecule has 2 atom stereocenters. The van der Waals surface area contributed by atoms with E-state index in [1.807, 2.05) is 0 Å². The number of hydrogen-bond donors (Lipinski definition) is 1. The molecule has 1 saturated heterocycles. The van der Waals surface area contributed by atoms with Crippen LogP contribution in [-0.2, 0) is 13.0 Å². The molecular weight excluding hydrogens is 186 g/mol. The van der Waals surface area contributed by atoms with Crippen molar-refractivity contribution in [3.63, 3.8) is 0 Å². The maximum atomic E-state index is 4.61. The van der Waals surface area contributed by atoms with E-state index in [1.165, 1.54) is 43.7 Å². The third-order valence-corrected chi connectivity index (χ3v) is 3.73. The van der Waals surface area contributed by atoms with E-state index in [-0.39, 0.29) is 0 Å². The highest BCUT2D eigenvalue weighted by atomic mass is 15.1. The summed E-state index contributed by atoms with van der Waals surface area (Å²) >= 11 is 0. The normalized spacial score (nSPS) is 30.5. The van der Waals surface area contributed by atoms with Gasteiger partial charge in [0, 0.05) is 18.4 Å². The molecule has 15 heavy (non-hydrogen) atoms. The second-order valence-corrected chi connectivity index (χ2v) is 5.01. The van der Waals surface area contributed by atoms with Crippen LogP contribution in [0.25, 0.3) is 0 Å². The van der Waals surface area contributed by atoms with E-state index < -0.39 is 0 Å². The van der Waals surface area contributed by atoms with Gasteiger partial charge in [0.05, 0.1) is 6.04 Å². The van der Waals surface area contributed by atoms with Crippen LogP contribution in [0.3, 0.4) is 0 Å². The van der Waals surface area contributed by atoms with Gasteiger partial charge in [-0.05, 0) is 38.1 Å². The number of imidazole rings is 1. The summed E-state index contributed by atoms with van der Waals surface area (Å²) in [6.45, 7) is 4.67. The van der Waals surface area contributed by atoms with Crippen LogP contribution in [0.4, 0.5) is 0 Å². The van der Waals surface area contributed by atoms with Gasteiger partial charge in [-0.15, -0.1) is 0 Å². The fourth-order valence-electron chi connectivity index (χ4n) is 2.82. The Morgan fingerprint density at radius 1 is 1.47 bits per heavy atom. The predicted molar refractivity (Wildman–Crippen MR) is 59.7 cm³/mol. The Kier molecular flexibility index (Phi) is 2.28. The van der Waals surface area contributed by atoms with Crippen LogP contribution in [-0.4, -0.2) is 16.1 Å². The molecule has 0 aliphatic carbocycles. The molecule has 2 aliphatic heterocycles. The Labute approximate surface area is 90.9 Å². The molecule has 0 bridgehead atoms. The summed E-state index contributed by atoms with van der Waals surface area (Å²) in [4.78, 5) is 4.61. The van der Waals surface area contributed by atoms with E-state index in [0.29, 0.717) is 6.04 Å². The highest BCUT2D eigenvalue weighted by molar-refractivity contribution is 5.12. The molecule has 0 radical (unpaired) electrons. The Morgan fingerprint density at radius 2 is 2.40 bits per heavy atom. The van der Waals surface area contributed by atoms with Gasteiger partial charge in [0.1, 0.15) is 5.82 Å². The van der Waals surface area contributed by atoms with Gasteiger partial charge in [0.2, 0.25) is 0 Å². The summed E-state index contributed by atoms with van der Waals surface area (Å²) in [7, 11) is 0. The van der Waals surface area contributed by atoms with Crippen molar-refractivity contribution in [2.45, 2.75) is 45.2 Å². The first kappa shape index (κ1) is 9.40. The number of hydrogen-bond acceptors (Lipinski definition) is 2. The summed E-state index contributed by atoms with van der Waals surface area (Å²) in [6.07, 6.45) is 7.17. The van der Waals surface area contributed by atoms with Crippen LogP contribution in [0.15, 0.2) is 6.20 Å². The van der Waals surface area contributed by atoms with Gasteiger partial charge in [-0.1, -0.05) is 6.92 Å². The highest BCUT2D eigenvalue weighted by Gasteiger charge is 2.25. The molecule has 0 amide bonds. The number of fused-ring (bicyclic) bond motifs is 1. The van der Waals surface area contributed by atoms with Gasteiger partial charge in [-0.2, -0.15) is 0 Å². The van der Waals surface area contributed by atoms with Crippen LogP contribution in [0.2, 0.25) is 0 Å². The average molecular weight is 205 g/mol. The monoisotopic (exact) mass is 205 g/mol. The molecule has 1 aromatic rings. The van der Waals surface area contributed by atoms with Crippen molar-refractivity contribution in [3.8, 4) is 0 Å². The van der Waals surface area contributed by atoms with E-state index in [1.54, 1.807) is 0 Å².